The van der Waals surface area contributed by atoms with Crippen molar-refractivity contribution in [2.24, 2.45) is 7.05 Å². The van der Waals surface area contributed by atoms with Crippen molar-refractivity contribution in [3.8, 4) is 11.3 Å². The lowest BCUT2D eigenvalue weighted by molar-refractivity contribution is 0.628. The average Bonchev–Trinajstić information content (AvgIpc) is 2.53. The summed E-state index contributed by atoms with van der Waals surface area (Å²) in [6.45, 7) is 0. The minimum absolute atomic E-state index is 0.0672. The van der Waals surface area contributed by atoms with Gasteiger partial charge in [0.15, 0.2) is 0 Å². The maximum absolute atomic E-state index is 12.9. The zero-order valence-corrected chi connectivity index (χ0v) is 8.79. The Bertz CT molecular complexity index is 507. The topological polar surface area (TPSA) is 43.8 Å². The van der Waals surface area contributed by atoms with E-state index in [2.05, 4.69) is 4.98 Å². The maximum Gasteiger partial charge on any atom is 0.141 e. The molecular weight excluding hydrogens is 217 g/mol. The van der Waals surface area contributed by atoms with Gasteiger partial charge >= 0.3 is 0 Å². The highest BCUT2D eigenvalue weighted by atomic mass is 35.5. The first-order chi connectivity index (χ1) is 7.09. The molecule has 3 nitrogen and oxygen atoms in total. The first kappa shape index (κ1) is 9.98. The highest BCUT2D eigenvalue weighted by molar-refractivity contribution is 6.31. The Labute approximate surface area is 91.3 Å². The first-order valence-electron chi connectivity index (χ1n) is 4.32. The number of hydrogen-bond donors (Lipinski definition) is 1. The number of nitrogens with two attached hydrogens (primary N) is 1. The Morgan fingerprint density at radius 2 is 2.20 bits per heavy atom. The number of imidazole rings is 1. The summed E-state index contributed by atoms with van der Waals surface area (Å²) < 4.78 is 14.6. The van der Waals surface area contributed by atoms with E-state index in [9.17, 15) is 4.39 Å². The smallest absolute Gasteiger partial charge is 0.141 e. The SMILES string of the molecule is Cn1cnc(-c2ccc(F)c(Cl)c2)c1N. The van der Waals surface area contributed by atoms with Crippen LogP contribution in [0.4, 0.5) is 10.2 Å². The summed E-state index contributed by atoms with van der Waals surface area (Å²) in [6, 6.07) is 4.40. The summed E-state index contributed by atoms with van der Waals surface area (Å²) in [7, 11) is 1.79. The number of rotatable bonds is 1. The average molecular weight is 226 g/mol. The Morgan fingerprint density at radius 3 is 2.73 bits per heavy atom. The molecule has 5 heteroatoms. The zero-order chi connectivity index (χ0) is 11.0. The second-order valence-corrected chi connectivity index (χ2v) is 3.63. The lowest BCUT2D eigenvalue weighted by Crippen LogP contribution is -1.95. The summed E-state index contributed by atoms with van der Waals surface area (Å²) in [5.74, 6) is 0.0765. The van der Waals surface area contributed by atoms with Gasteiger partial charge in [-0.05, 0) is 18.2 Å². The van der Waals surface area contributed by atoms with E-state index in [1.807, 2.05) is 0 Å². The van der Waals surface area contributed by atoms with Crippen LogP contribution in [0, 0.1) is 5.82 Å². The van der Waals surface area contributed by atoms with Gasteiger partial charge in [0.25, 0.3) is 0 Å². The van der Waals surface area contributed by atoms with E-state index >= 15 is 0 Å². The van der Waals surface area contributed by atoms with Gasteiger partial charge in [0.2, 0.25) is 0 Å². The van der Waals surface area contributed by atoms with Crippen molar-refractivity contribution in [3.05, 3.63) is 35.4 Å². The van der Waals surface area contributed by atoms with Crippen LogP contribution in [0.25, 0.3) is 11.3 Å². The Kier molecular flexibility index (Phi) is 2.36. The molecule has 0 atom stereocenters. The molecule has 2 N–H and O–H groups in total. The van der Waals surface area contributed by atoms with Gasteiger partial charge in [0.05, 0.1) is 11.3 Å². The van der Waals surface area contributed by atoms with Crippen molar-refractivity contribution in [2.45, 2.75) is 0 Å². The van der Waals surface area contributed by atoms with Gasteiger partial charge in [-0.25, -0.2) is 9.37 Å². The summed E-state index contributed by atoms with van der Waals surface area (Å²) in [4.78, 5) is 4.11. The molecule has 0 aliphatic rings. The van der Waals surface area contributed by atoms with Crippen molar-refractivity contribution >= 4 is 17.4 Å². The van der Waals surface area contributed by atoms with E-state index in [0.29, 0.717) is 17.1 Å². The first-order valence-corrected chi connectivity index (χ1v) is 4.69. The van der Waals surface area contributed by atoms with Crippen molar-refractivity contribution in [3.63, 3.8) is 0 Å². The highest BCUT2D eigenvalue weighted by Gasteiger charge is 2.09. The van der Waals surface area contributed by atoms with Crippen molar-refractivity contribution in [1.82, 2.24) is 9.55 Å². The van der Waals surface area contributed by atoms with Gasteiger partial charge in [-0.3, -0.25) is 0 Å². The molecule has 0 aliphatic carbocycles. The van der Waals surface area contributed by atoms with Crippen LogP contribution in [0.5, 0.6) is 0 Å². The predicted octanol–water partition coefficient (Wildman–Crippen LogP) is 2.46. The van der Waals surface area contributed by atoms with Gasteiger partial charge in [0, 0.05) is 12.6 Å². The number of nitrogen functional groups attached to an aromatic ring is 1. The standard InChI is InChI=1S/C10H9ClFN3/c1-15-5-14-9(10(15)13)6-2-3-8(12)7(11)4-6/h2-5H,13H2,1H3. The Balaban J connectivity index is 2.55. The van der Waals surface area contributed by atoms with E-state index in [1.165, 1.54) is 12.1 Å². The second-order valence-electron chi connectivity index (χ2n) is 3.22. The van der Waals surface area contributed by atoms with E-state index in [0.717, 1.165) is 0 Å². The monoisotopic (exact) mass is 225 g/mol. The lowest BCUT2D eigenvalue weighted by atomic mass is 10.1. The molecule has 0 amide bonds. The molecule has 2 aromatic rings. The van der Waals surface area contributed by atoms with Crippen LogP contribution in [0.3, 0.4) is 0 Å². The Morgan fingerprint density at radius 1 is 1.47 bits per heavy atom. The fourth-order valence-corrected chi connectivity index (χ4v) is 1.49. The minimum Gasteiger partial charge on any atom is -0.383 e. The van der Waals surface area contributed by atoms with Crippen LogP contribution in [-0.4, -0.2) is 9.55 Å². The highest BCUT2D eigenvalue weighted by Crippen LogP contribution is 2.27. The van der Waals surface area contributed by atoms with E-state index in [-0.39, 0.29) is 5.02 Å². The molecule has 15 heavy (non-hydrogen) atoms. The second kappa shape index (κ2) is 3.55. The van der Waals surface area contributed by atoms with Crippen LogP contribution in [-0.2, 0) is 7.05 Å². The number of aromatic nitrogens is 2. The number of halogens is 2. The molecule has 0 fully saturated rings. The van der Waals surface area contributed by atoms with Gasteiger partial charge in [-0.2, -0.15) is 0 Å². The maximum atomic E-state index is 12.9. The zero-order valence-electron chi connectivity index (χ0n) is 8.04. The van der Waals surface area contributed by atoms with Gasteiger partial charge in [-0.15, -0.1) is 0 Å². The third kappa shape index (κ3) is 1.68. The minimum atomic E-state index is -0.449. The van der Waals surface area contributed by atoms with E-state index < -0.39 is 5.82 Å². The lowest BCUT2D eigenvalue weighted by Gasteiger charge is -2.01. The van der Waals surface area contributed by atoms with Gasteiger partial charge in [-0.1, -0.05) is 11.6 Å². The van der Waals surface area contributed by atoms with Crippen molar-refractivity contribution in [2.75, 3.05) is 5.73 Å². The quantitative estimate of drug-likeness (QED) is 0.810. The van der Waals surface area contributed by atoms with Gasteiger partial charge in [0.1, 0.15) is 17.3 Å². The summed E-state index contributed by atoms with van der Waals surface area (Å²) in [6.07, 6.45) is 1.60. The van der Waals surface area contributed by atoms with Crippen molar-refractivity contribution < 1.29 is 4.39 Å². The van der Waals surface area contributed by atoms with Crippen LogP contribution in [0.15, 0.2) is 24.5 Å². The molecule has 1 aromatic heterocycles. The number of benzene rings is 1. The number of nitrogens with zero attached hydrogens (tertiary/aromatic N) is 2. The molecule has 0 spiro atoms. The third-order valence-electron chi connectivity index (χ3n) is 2.18. The molecule has 0 saturated carbocycles. The molecule has 0 aliphatic heterocycles. The number of aryl methyl sites for hydroxylation is 1. The molecule has 0 saturated heterocycles. The van der Waals surface area contributed by atoms with E-state index in [1.54, 1.807) is 24.0 Å². The fraction of sp³-hybridized carbons (Fsp3) is 0.100. The fourth-order valence-electron chi connectivity index (χ4n) is 1.31. The summed E-state index contributed by atoms with van der Waals surface area (Å²) in [5, 5.41) is 0.0672. The summed E-state index contributed by atoms with van der Waals surface area (Å²) >= 11 is 5.67. The molecule has 0 unspecified atom stereocenters. The molecule has 0 radical (unpaired) electrons. The normalized spacial score (nSPS) is 10.6. The Hall–Kier alpha value is -1.55. The van der Waals surface area contributed by atoms with Crippen LogP contribution in [0.1, 0.15) is 0 Å². The van der Waals surface area contributed by atoms with E-state index in [4.69, 9.17) is 17.3 Å². The van der Waals surface area contributed by atoms with Crippen LogP contribution >= 0.6 is 11.6 Å². The van der Waals surface area contributed by atoms with Gasteiger partial charge < -0.3 is 10.3 Å². The molecular formula is C10H9ClFN3. The number of anilines is 1. The largest absolute Gasteiger partial charge is 0.383 e. The molecule has 1 heterocycles. The third-order valence-corrected chi connectivity index (χ3v) is 2.47. The van der Waals surface area contributed by atoms with Crippen molar-refractivity contribution in [1.29, 1.82) is 0 Å². The van der Waals surface area contributed by atoms with Crippen LogP contribution < -0.4 is 5.73 Å². The number of hydrogen-bond acceptors (Lipinski definition) is 2. The molecule has 2 rings (SSSR count). The molecule has 1 aromatic carbocycles. The molecule has 0 bridgehead atoms. The predicted molar refractivity (Wildman–Crippen MR) is 58.0 cm³/mol. The van der Waals surface area contributed by atoms with Crippen LogP contribution in [0.2, 0.25) is 5.02 Å². The molecule has 78 valence electrons. The summed E-state index contributed by atoms with van der Waals surface area (Å²) in [5.41, 5.74) is 7.10.